The average Bonchev–Trinajstić information content (AvgIpc) is 3.15. The van der Waals surface area contributed by atoms with Gasteiger partial charge in [0.1, 0.15) is 19.3 Å². The molecule has 0 spiro atoms. The Kier molecular flexibility index (Phi) is 8.09. The van der Waals surface area contributed by atoms with Crippen molar-refractivity contribution in [2.24, 2.45) is 13.0 Å². The van der Waals surface area contributed by atoms with Crippen LogP contribution in [0.5, 0.6) is 11.5 Å². The number of nitrogens with zero attached hydrogens (tertiary/aromatic N) is 4. The molecule has 0 N–H and O–H groups in total. The van der Waals surface area contributed by atoms with Crippen LogP contribution < -0.4 is 15.0 Å². The molecule has 0 saturated carbocycles. The summed E-state index contributed by atoms with van der Waals surface area (Å²) in [4.78, 5) is 31.2. The van der Waals surface area contributed by atoms with Crippen LogP contribution in [0.4, 0.5) is 0 Å². The van der Waals surface area contributed by atoms with Gasteiger partial charge in [0.05, 0.1) is 17.9 Å². The maximum absolute atomic E-state index is 13.8. The van der Waals surface area contributed by atoms with E-state index in [1.165, 1.54) is 0 Å². The summed E-state index contributed by atoms with van der Waals surface area (Å²) in [7, 11) is 1.90. The number of carbonyl (C=O) groups is 1. The van der Waals surface area contributed by atoms with E-state index in [9.17, 15) is 9.59 Å². The molecule has 0 aliphatic carbocycles. The van der Waals surface area contributed by atoms with Crippen molar-refractivity contribution < 1.29 is 19.0 Å². The highest BCUT2D eigenvalue weighted by molar-refractivity contribution is 5.81. The first-order valence-electron chi connectivity index (χ1n) is 13.7. The summed E-state index contributed by atoms with van der Waals surface area (Å²) < 4.78 is 21.0. The zero-order valence-corrected chi connectivity index (χ0v) is 23.3. The highest BCUT2D eigenvalue weighted by Crippen LogP contribution is 2.31. The van der Waals surface area contributed by atoms with Crippen molar-refractivity contribution in [2.75, 3.05) is 39.5 Å². The van der Waals surface area contributed by atoms with Crippen molar-refractivity contribution >= 4 is 5.91 Å². The van der Waals surface area contributed by atoms with Crippen LogP contribution in [0.15, 0.2) is 53.3 Å². The summed E-state index contributed by atoms with van der Waals surface area (Å²) in [6.45, 7) is 10.3. The Hall–Kier alpha value is -3.56. The first-order valence-corrected chi connectivity index (χ1v) is 13.7. The number of ether oxygens (including phenoxy) is 3. The van der Waals surface area contributed by atoms with Crippen LogP contribution in [0.3, 0.4) is 0 Å². The van der Waals surface area contributed by atoms with Crippen molar-refractivity contribution in [1.29, 1.82) is 0 Å². The molecule has 39 heavy (non-hydrogen) atoms. The Bertz CT molecular complexity index is 1360. The molecule has 3 heterocycles. The normalized spacial score (nSPS) is 17.4. The van der Waals surface area contributed by atoms with Crippen LogP contribution in [-0.2, 0) is 29.7 Å². The molecule has 1 fully saturated rings. The molecule has 0 radical (unpaired) electrons. The smallest absolute Gasteiger partial charge is 0.276 e. The molecule has 1 amide bonds. The molecule has 1 aromatic heterocycles. The molecular formula is C30H38N4O5. The second kappa shape index (κ2) is 11.7. The van der Waals surface area contributed by atoms with E-state index in [-0.39, 0.29) is 11.5 Å². The highest BCUT2D eigenvalue weighted by atomic mass is 16.6. The van der Waals surface area contributed by atoms with E-state index in [1.807, 2.05) is 72.1 Å². The lowest BCUT2D eigenvalue weighted by Gasteiger charge is -2.35. The van der Waals surface area contributed by atoms with Gasteiger partial charge < -0.3 is 19.1 Å². The fraction of sp³-hybridized carbons (Fsp3) is 0.467. The predicted molar refractivity (Wildman–Crippen MR) is 148 cm³/mol. The summed E-state index contributed by atoms with van der Waals surface area (Å²) in [6.07, 6.45) is -0.588. The van der Waals surface area contributed by atoms with E-state index in [1.54, 1.807) is 4.68 Å². The van der Waals surface area contributed by atoms with Gasteiger partial charge in [-0.15, -0.1) is 0 Å². The largest absolute Gasteiger partial charge is 0.486 e. The van der Waals surface area contributed by atoms with E-state index in [4.69, 9.17) is 14.2 Å². The Morgan fingerprint density at radius 3 is 2.54 bits per heavy atom. The second-order valence-electron chi connectivity index (χ2n) is 10.7. The molecule has 2 aliphatic rings. The number of hydrogen-bond acceptors (Lipinski definition) is 6. The van der Waals surface area contributed by atoms with E-state index in [0.717, 1.165) is 34.0 Å². The zero-order valence-electron chi connectivity index (χ0n) is 23.3. The summed E-state index contributed by atoms with van der Waals surface area (Å²) in [5, 5.41) is 0. The molecule has 9 nitrogen and oxygen atoms in total. The zero-order chi connectivity index (χ0) is 27.5. The van der Waals surface area contributed by atoms with Crippen molar-refractivity contribution in [1.82, 2.24) is 19.2 Å². The lowest BCUT2D eigenvalue weighted by atomic mass is 10.1. The van der Waals surface area contributed by atoms with E-state index in [0.29, 0.717) is 58.5 Å². The number of carbonyl (C=O) groups excluding carboxylic acids is 1. The Morgan fingerprint density at radius 1 is 1.05 bits per heavy atom. The third-order valence-electron chi connectivity index (χ3n) is 7.36. The Balaban J connectivity index is 1.31. The number of aromatic nitrogens is 2. The van der Waals surface area contributed by atoms with Gasteiger partial charge in [-0.05, 0) is 42.7 Å². The van der Waals surface area contributed by atoms with Gasteiger partial charge in [-0.3, -0.25) is 19.2 Å². The van der Waals surface area contributed by atoms with Crippen molar-refractivity contribution in [3.05, 3.63) is 75.7 Å². The number of para-hydroxylation sites is 1. The molecule has 2 aliphatic heterocycles. The van der Waals surface area contributed by atoms with Crippen LogP contribution in [0.1, 0.15) is 30.7 Å². The third kappa shape index (κ3) is 5.89. The van der Waals surface area contributed by atoms with Crippen LogP contribution in [0.2, 0.25) is 0 Å². The van der Waals surface area contributed by atoms with Gasteiger partial charge in [-0.1, -0.05) is 38.1 Å². The SMILES string of the molecule is Cc1c(CN2CCOC(C(=O)N(Cc3ccc4c(c3)OCCO4)CC(C)C)C2)c(=O)n(-c2ccccc2)n1C. The monoisotopic (exact) mass is 534 g/mol. The standard InChI is InChI=1S/C30H38N4O5/c1-21(2)17-33(18-23-10-11-26-27(16-23)39-15-14-38-26)30(36)28-20-32(12-13-37-28)19-25-22(3)31(4)34(29(25)35)24-8-6-5-7-9-24/h5-11,16,21,28H,12-15,17-20H2,1-4H3. The maximum Gasteiger partial charge on any atom is 0.276 e. The molecule has 9 heteroatoms. The van der Waals surface area contributed by atoms with Gasteiger partial charge in [0.25, 0.3) is 11.5 Å². The van der Waals surface area contributed by atoms with Crippen LogP contribution in [-0.4, -0.2) is 70.6 Å². The molecule has 208 valence electrons. The molecule has 5 rings (SSSR count). The maximum atomic E-state index is 13.8. The lowest BCUT2D eigenvalue weighted by molar-refractivity contribution is -0.151. The van der Waals surface area contributed by atoms with E-state index in [2.05, 4.69) is 18.7 Å². The van der Waals surface area contributed by atoms with Crippen LogP contribution >= 0.6 is 0 Å². The summed E-state index contributed by atoms with van der Waals surface area (Å²) in [5.41, 5.74) is 3.44. The molecule has 1 atom stereocenters. The third-order valence-corrected chi connectivity index (χ3v) is 7.36. The predicted octanol–water partition coefficient (Wildman–Crippen LogP) is 3.14. The Morgan fingerprint density at radius 2 is 1.79 bits per heavy atom. The first-order chi connectivity index (χ1) is 18.8. The molecule has 0 bridgehead atoms. The topological polar surface area (TPSA) is 78.2 Å². The van der Waals surface area contributed by atoms with Crippen molar-refractivity contribution in [3.8, 4) is 17.2 Å². The van der Waals surface area contributed by atoms with E-state index >= 15 is 0 Å². The average molecular weight is 535 g/mol. The number of hydrogen-bond donors (Lipinski definition) is 0. The van der Waals surface area contributed by atoms with Gasteiger partial charge >= 0.3 is 0 Å². The summed E-state index contributed by atoms with van der Waals surface area (Å²) in [6, 6.07) is 15.5. The second-order valence-corrected chi connectivity index (χ2v) is 10.7. The minimum atomic E-state index is -0.588. The first kappa shape index (κ1) is 27.0. The van der Waals surface area contributed by atoms with E-state index < -0.39 is 6.10 Å². The summed E-state index contributed by atoms with van der Waals surface area (Å²) in [5.74, 6) is 1.72. The number of amides is 1. The van der Waals surface area contributed by atoms with Crippen molar-refractivity contribution in [2.45, 2.75) is 40.0 Å². The van der Waals surface area contributed by atoms with Gasteiger partial charge in [0, 0.05) is 45.5 Å². The molecule has 1 unspecified atom stereocenters. The number of rotatable bonds is 8. The minimum absolute atomic E-state index is 0.0318. The fourth-order valence-electron chi connectivity index (χ4n) is 5.31. The van der Waals surface area contributed by atoms with Crippen LogP contribution in [0.25, 0.3) is 5.69 Å². The van der Waals surface area contributed by atoms with Crippen molar-refractivity contribution in [3.63, 3.8) is 0 Å². The van der Waals surface area contributed by atoms with Gasteiger partial charge in [0.2, 0.25) is 0 Å². The van der Waals surface area contributed by atoms with Gasteiger partial charge in [-0.25, -0.2) is 4.68 Å². The number of morpholine rings is 1. The minimum Gasteiger partial charge on any atom is -0.486 e. The summed E-state index contributed by atoms with van der Waals surface area (Å²) >= 11 is 0. The number of fused-ring (bicyclic) bond motifs is 1. The van der Waals surface area contributed by atoms with Crippen LogP contribution in [0, 0.1) is 12.8 Å². The van der Waals surface area contributed by atoms with Gasteiger partial charge in [0.15, 0.2) is 11.5 Å². The molecule has 2 aromatic carbocycles. The lowest BCUT2D eigenvalue weighted by Crippen LogP contribution is -2.51. The van der Waals surface area contributed by atoms with Gasteiger partial charge in [-0.2, -0.15) is 0 Å². The number of benzene rings is 2. The quantitative estimate of drug-likeness (QED) is 0.442. The molecular weight excluding hydrogens is 496 g/mol. The Labute approximate surface area is 229 Å². The molecule has 3 aromatic rings. The fourth-order valence-corrected chi connectivity index (χ4v) is 5.31. The highest BCUT2D eigenvalue weighted by Gasteiger charge is 2.32. The molecule has 1 saturated heterocycles.